The number of nitrogens with one attached hydrogen (secondary N) is 2. The van der Waals surface area contributed by atoms with Crippen molar-refractivity contribution >= 4 is 46.2 Å². The molecule has 2 aliphatic carbocycles. The van der Waals surface area contributed by atoms with E-state index < -0.39 is 0 Å². The lowest BCUT2D eigenvalue weighted by atomic mass is 9.79. The van der Waals surface area contributed by atoms with Crippen LogP contribution in [0.3, 0.4) is 0 Å². The standard InChI is InChI=1S/2C19H22ClN3O/c2*20-16-4-3-5-17(13-16)22-19(23-24)12-14-7-9-15(10-8-14)18-6-1-2-11-21-18/h2*1-6,11,13-15,24H,7-10,12H2,(H,22,23). The molecule has 0 atom stereocenters. The molecular weight excluding hydrogens is 643 g/mol. The van der Waals surface area contributed by atoms with E-state index in [4.69, 9.17) is 23.2 Å². The number of aliphatic imine (C=N–C) groups is 2. The van der Waals surface area contributed by atoms with Crippen LogP contribution in [0.1, 0.15) is 87.4 Å². The fourth-order valence-corrected chi connectivity index (χ4v) is 7.11. The second-order valence-electron chi connectivity index (χ2n) is 12.7. The van der Waals surface area contributed by atoms with E-state index in [1.807, 2.05) is 60.9 Å². The highest BCUT2D eigenvalue weighted by Crippen LogP contribution is 2.37. The zero-order valence-electron chi connectivity index (χ0n) is 27.1. The number of rotatable bonds is 8. The van der Waals surface area contributed by atoms with E-state index in [1.165, 1.54) is 11.4 Å². The molecule has 4 N–H and O–H groups in total. The number of hydrogen-bond acceptors (Lipinski definition) is 6. The van der Waals surface area contributed by atoms with Gasteiger partial charge in [0.25, 0.3) is 0 Å². The Morgan fingerprint density at radius 3 is 1.33 bits per heavy atom. The van der Waals surface area contributed by atoms with Gasteiger partial charge >= 0.3 is 0 Å². The third-order valence-electron chi connectivity index (χ3n) is 9.27. The van der Waals surface area contributed by atoms with E-state index in [0.29, 0.717) is 45.4 Å². The van der Waals surface area contributed by atoms with Gasteiger partial charge in [-0.15, -0.1) is 0 Å². The predicted octanol–water partition coefficient (Wildman–Crippen LogP) is 10.2. The maximum absolute atomic E-state index is 9.39. The molecule has 2 aromatic heterocycles. The summed E-state index contributed by atoms with van der Waals surface area (Å²) in [4.78, 5) is 17.9. The van der Waals surface area contributed by atoms with Crippen molar-refractivity contribution in [3.05, 3.63) is 119 Å². The number of hydrogen-bond donors (Lipinski definition) is 4. The summed E-state index contributed by atoms with van der Waals surface area (Å²) < 4.78 is 0. The molecule has 0 unspecified atom stereocenters. The number of halogens is 2. The lowest BCUT2D eigenvalue weighted by molar-refractivity contribution is 0.226. The molecule has 2 saturated carbocycles. The zero-order chi connectivity index (χ0) is 33.6. The number of pyridine rings is 2. The van der Waals surface area contributed by atoms with Crippen LogP contribution in [0.4, 0.5) is 11.4 Å². The van der Waals surface area contributed by atoms with Gasteiger partial charge in [-0.05, 0) is 124 Å². The van der Waals surface area contributed by atoms with E-state index in [0.717, 1.165) is 75.6 Å². The van der Waals surface area contributed by atoms with E-state index in [1.54, 1.807) is 12.1 Å². The van der Waals surface area contributed by atoms with Gasteiger partial charge in [0.15, 0.2) is 0 Å². The minimum absolute atomic E-state index is 0.530. The number of hydroxylamine groups is 2. The lowest BCUT2D eigenvalue weighted by Crippen LogP contribution is -2.24. The first kappa shape index (κ1) is 35.5. The normalized spacial score (nSPS) is 21.5. The van der Waals surface area contributed by atoms with E-state index >= 15 is 0 Å². The Labute approximate surface area is 293 Å². The molecule has 0 aliphatic heterocycles. The Kier molecular flexibility index (Phi) is 13.8. The van der Waals surface area contributed by atoms with E-state index in [2.05, 4.69) is 55.2 Å². The van der Waals surface area contributed by atoms with Gasteiger partial charge in [0, 0.05) is 58.5 Å². The smallest absolute Gasteiger partial charge is 0.126 e. The van der Waals surface area contributed by atoms with Gasteiger partial charge < -0.3 is 0 Å². The third kappa shape index (κ3) is 11.1. The summed E-state index contributed by atoms with van der Waals surface area (Å²) in [6.07, 6.45) is 14.3. The van der Waals surface area contributed by atoms with Crippen LogP contribution in [0.5, 0.6) is 0 Å². The molecule has 0 saturated heterocycles. The average molecular weight is 688 g/mol. The summed E-state index contributed by atoms with van der Waals surface area (Å²) in [5.41, 5.74) is 8.41. The molecule has 2 heterocycles. The molecule has 6 rings (SSSR count). The van der Waals surface area contributed by atoms with E-state index in [-0.39, 0.29) is 0 Å². The molecule has 0 radical (unpaired) electrons. The monoisotopic (exact) mass is 686 g/mol. The van der Waals surface area contributed by atoms with Gasteiger partial charge in [-0.3, -0.25) is 31.3 Å². The van der Waals surface area contributed by atoms with Crippen LogP contribution in [-0.4, -0.2) is 32.1 Å². The molecule has 48 heavy (non-hydrogen) atoms. The third-order valence-corrected chi connectivity index (χ3v) is 9.74. The molecule has 2 fully saturated rings. The van der Waals surface area contributed by atoms with Crippen LogP contribution in [0.25, 0.3) is 0 Å². The topological polar surface area (TPSA) is 115 Å². The molecule has 2 aliphatic rings. The lowest BCUT2D eigenvalue weighted by Gasteiger charge is -2.28. The molecule has 2 aromatic carbocycles. The second kappa shape index (κ2) is 18.7. The van der Waals surface area contributed by atoms with Crippen molar-refractivity contribution < 1.29 is 10.4 Å². The first-order chi connectivity index (χ1) is 23.5. The molecule has 8 nitrogen and oxygen atoms in total. The van der Waals surface area contributed by atoms with Crippen LogP contribution < -0.4 is 11.0 Å². The van der Waals surface area contributed by atoms with Gasteiger partial charge in [0.05, 0.1) is 11.4 Å². The molecule has 252 valence electrons. The Bertz CT molecular complexity index is 1490. The van der Waals surface area contributed by atoms with E-state index in [9.17, 15) is 10.4 Å². The van der Waals surface area contributed by atoms with Gasteiger partial charge in [-0.2, -0.15) is 0 Å². The first-order valence-electron chi connectivity index (χ1n) is 16.8. The molecule has 4 aromatic rings. The summed E-state index contributed by atoms with van der Waals surface area (Å²) >= 11 is 12.0. The maximum Gasteiger partial charge on any atom is 0.126 e. The number of nitrogens with zero attached hydrogens (tertiary/aromatic N) is 4. The van der Waals surface area contributed by atoms with Crippen molar-refractivity contribution in [2.75, 3.05) is 0 Å². The SMILES string of the molecule is ONC(CC1CCC(c2ccccn2)CC1)=Nc1cccc(Cl)c1.ONC(CC1CCC(c2ccccn2)CC1)=Nc1cccc(Cl)c1. The summed E-state index contributed by atoms with van der Waals surface area (Å²) in [5, 5.41) is 20.1. The Morgan fingerprint density at radius 2 is 1.00 bits per heavy atom. The maximum atomic E-state index is 9.39. The summed E-state index contributed by atoms with van der Waals surface area (Å²) in [7, 11) is 0. The van der Waals surface area contributed by atoms with Crippen LogP contribution in [0.15, 0.2) is 107 Å². The summed E-state index contributed by atoms with van der Waals surface area (Å²) in [6, 6.07) is 26.9. The fourth-order valence-electron chi connectivity index (χ4n) is 6.74. The fraction of sp³-hybridized carbons (Fsp3) is 0.368. The second-order valence-corrected chi connectivity index (χ2v) is 13.5. The zero-order valence-corrected chi connectivity index (χ0v) is 28.6. The highest BCUT2D eigenvalue weighted by Gasteiger charge is 2.25. The van der Waals surface area contributed by atoms with Crippen LogP contribution in [0.2, 0.25) is 10.0 Å². The van der Waals surface area contributed by atoms with Crippen LogP contribution in [-0.2, 0) is 0 Å². The van der Waals surface area contributed by atoms with Crippen molar-refractivity contribution in [3.63, 3.8) is 0 Å². The van der Waals surface area contributed by atoms with Gasteiger partial charge in [0.1, 0.15) is 11.7 Å². The highest BCUT2D eigenvalue weighted by atomic mass is 35.5. The van der Waals surface area contributed by atoms with Gasteiger partial charge in [0.2, 0.25) is 0 Å². The number of amidine groups is 2. The minimum atomic E-state index is 0.530. The Balaban J connectivity index is 0.000000188. The van der Waals surface area contributed by atoms with Gasteiger partial charge in [-0.1, -0.05) is 47.5 Å². The predicted molar refractivity (Wildman–Crippen MR) is 194 cm³/mol. The first-order valence-corrected chi connectivity index (χ1v) is 17.5. The number of benzene rings is 2. The Morgan fingerprint density at radius 1 is 0.583 bits per heavy atom. The van der Waals surface area contributed by atoms with Crippen LogP contribution >= 0.6 is 23.2 Å². The summed E-state index contributed by atoms with van der Waals surface area (Å²) in [5.74, 6) is 3.36. The molecule has 0 bridgehead atoms. The van der Waals surface area contributed by atoms with Crippen LogP contribution in [0, 0.1) is 11.8 Å². The molecule has 0 amide bonds. The van der Waals surface area contributed by atoms with Crippen molar-refractivity contribution in [1.82, 2.24) is 20.9 Å². The van der Waals surface area contributed by atoms with Crippen molar-refractivity contribution in [3.8, 4) is 0 Å². The molecular formula is C38H44Cl2N6O2. The quantitative estimate of drug-likeness (QED) is 0.0833. The number of aromatic nitrogens is 2. The average Bonchev–Trinajstić information content (AvgIpc) is 3.13. The largest absolute Gasteiger partial charge is 0.290 e. The van der Waals surface area contributed by atoms with Crippen molar-refractivity contribution in [1.29, 1.82) is 0 Å². The molecule has 0 spiro atoms. The minimum Gasteiger partial charge on any atom is -0.290 e. The van der Waals surface area contributed by atoms with Crippen molar-refractivity contribution in [2.45, 2.75) is 76.0 Å². The highest BCUT2D eigenvalue weighted by molar-refractivity contribution is 6.31. The molecule has 10 heteroatoms. The summed E-state index contributed by atoms with van der Waals surface area (Å²) in [6.45, 7) is 0. The Hall–Kier alpha value is -3.82. The van der Waals surface area contributed by atoms with Gasteiger partial charge in [-0.25, -0.2) is 9.98 Å². The van der Waals surface area contributed by atoms with Crippen molar-refractivity contribution in [2.24, 2.45) is 21.8 Å².